The first-order chi connectivity index (χ1) is 33.2. The summed E-state index contributed by atoms with van der Waals surface area (Å²) in [6.07, 6.45) is 0. The Labute approximate surface area is 386 Å². The van der Waals surface area contributed by atoms with Crippen LogP contribution in [0.5, 0.6) is 0 Å². The minimum atomic E-state index is -4.37. The van der Waals surface area contributed by atoms with Gasteiger partial charge in [-0.25, -0.2) is 30.0 Å². The summed E-state index contributed by atoms with van der Waals surface area (Å²) in [5.41, 5.74) is 4.40. The highest BCUT2D eigenvalue weighted by Gasteiger charge is 2.53. The van der Waals surface area contributed by atoms with Crippen LogP contribution in [-0.4, -0.2) is 157 Å². The lowest BCUT2D eigenvalue weighted by atomic mass is 10.1. The number of fused-ring (bicyclic) bond motifs is 14. The monoisotopic (exact) mass is 926 g/mol. The van der Waals surface area contributed by atoms with Crippen LogP contribution in [-0.2, 0) is 37.3 Å². The number of aliphatic hydroxyl groups excluding tert-OH is 2. The number of hydrogen-bond donors (Lipinski definition) is 2. The molecule has 18 nitrogen and oxygen atoms in total. The first kappa shape index (κ1) is 44.9. The highest BCUT2D eigenvalue weighted by atomic mass is 28.4. The highest BCUT2D eigenvalue weighted by Crippen LogP contribution is 2.43. The van der Waals surface area contributed by atoms with Gasteiger partial charge in [0.2, 0.25) is 0 Å². The molecule has 0 radical (unpaired) electrons. The molecule has 4 aliphatic rings. The fraction of sp³-hybridized carbons (Fsp3) is 0.333. The topological polar surface area (TPSA) is 198 Å². The molecule has 67 heavy (non-hydrogen) atoms. The predicted molar refractivity (Wildman–Crippen MR) is 252 cm³/mol. The molecule has 0 saturated carbocycles. The summed E-state index contributed by atoms with van der Waals surface area (Å²) in [6.45, 7) is 3.74. The minimum Gasteiger partial charge on any atom is -0.394 e. The maximum Gasteiger partial charge on any atom is 0.603 e. The quantitative estimate of drug-likeness (QED) is 0.0670. The van der Waals surface area contributed by atoms with E-state index in [1.807, 2.05) is 106 Å². The van der Waals surface area contributed by atoms with E-state index in [9.17, 15) is 0 Å². The zero-order chi connectivity index (χ0) is 45.4. The molecule has 6 bridgehead atoms. The van der Waals surface area contributed by atoms with Crippen molar-refractivity contribution in [2.24, 2.45) is 30.0 Å². The second kappa shape index (κ2) is 20.9. The van der Waals surface area contributed by atoms with Crippen LogP contribution in [0.3, 0.4) is 0 Å². The van der Waals surface area contributed by atoms with Crippen LogP contribution in [0.2, 0.25) is 0 Å². The molecular formula is C48H50N8O10Si. The van der Waals surface area contributed by atoms with E-state index >= 15 is 0 Å². The Hall–Kier alpha value is -5.94. The lowest BCUT2D eigenvalue weighted by molar-refractivity contribution is -0.00490. The third-order valence-corrected chi connectivity index (χ3v) is 14.5. The Kier molecular flexibility index (Phi) is 14.0. The average Bonchev–Trinajstić information content (AvgIpc) is 4.08. The van der Waals surface area contributed by atoms with Gasteiger partial charge in [-0.15, -0.1) is 0 Å². The number of rotatable bonds is 24. The van der Waals surface area contributed by atoms with Gasteiger partial charge in [-0.3, -0.25) is 8.47 Å². The summed E-state index contributed by atoms with van der Waals surface area (Å²) in [4.78, 5) is 32.1. The molecule has 0 fully saturated rings. The lowest BCUT2D eigenvalue weighted by Crippen LogP contribution is -2.64. The molecule has 0 saturated heterocycles. The van der Waals surface area contributed by atoms with Gasteiger partial charge in [0, 0.05) is 43.8 Å². The van der Waals surface area contributed by atoms with E-state index in [0.29, 0.717) is 98.8 Å². The van der Waals surface area contributed by atoms with Gasteiger partial charge in [-0.2, -0.15) is 0 Å². The Morgan fingerprint density at radius 3 is 1.03 bits per heavy atom. The van der Waals surface area contributed by atoms with E-state index in [0.717, 1.165) is 43.8 Å². The molecule has 19 heteroatoms. The lowest BCUT2D eigenvalue weighted by Gasteiger charge is -2.33. The van der Waals surface area contributed by atoms with Crippen molar-refractivity contribution >= 4 is 65.4 Å². The van der Waals surface area contributed by atoms with Crippen molar-refractivity contribution < 1.29 is 47.5 Å². The summed E-state index contributed by atoms with van der Waals surface area (Å²) in [7, 11) is -4.37. The fourth-order valence-electron chi connectivity index (χ4n) is 8.41. The second-order valence-electron chi connectivity index (χ2n) is 15.5. The Morgan fingerprint density at radius 1 is 0.343 bits per heavy atom. The van der Waals surface area contributed by atoms with Crippen molar-refractivity contribution in [3.63, 3.8) is 0 Å². The summed E-state index contributed by atoms with van der Waals surface area (Å²) < 4.78 is 53.3. The number of amidine groups is 4. The van der Waals surface area contributed by atoms with Crippen molar-refractivity contribution in [1.29, 1.82) is 0 Å². The molecule has 2 aromatic heterocycles. The van der Waals surface area contributed by atoms with Crippen LogP contribution in [0.25, 0.3) is 21.5 Å². The predicted octanol–water partition coefficient (Wildman–Crippen LogP) is 3.49. The molecule has 0 aliphatic carbocycles. The van der Waals surface area contributed by atoms with Gasteiger partial charge in [0.05, 0.1) is 106 Å². The molecule has 0 amide bonds. The number of aromatic nitrogens is 2. The fourth-order valence-corrected chi connectivity index (χ4v) is 11.7. The molecule has 4 aliphatic heterocycles. The molecule has 2 N–H and O–H groups in total. The number of nitrogens with zero attached hydrogens (tertiary/aromatic N) is 8. The first-order valence-corrected chi connectivity index (χ1v) is 24.1. The molecular weight excluding hydrogens is 877 g/mol. The van der Waals surface area contributed by atoms with Gasteiger partial charge in [0.1, 0.15) is 22.6 Å². The summed E-state index contributed by atoms with van der Waals surface area (Å²) in [6, 6.07) is 32.0. The molecule has 0 spiro atoms. The van der Waals surface area contributed by atoms with Gasteiger partial charge in [0.15, 0.2) is 23.3 Å². The van der Waals surface area contributed by atoms with E-state index < -0.39 is 8.88 Å². The van der Waals surface area contributed by atoms with Crippen LogP contribution in [0, 0.1) is 0 Å². The number of aliphatic hydroxyl groups is 2. The van der Waals surface area contributed by atoms with E-state index in [1.54, 1.807) is 0 Å². The molecule has 0 atom stereocenters. The number of hydrogen-bond acceptors (Lipinski definition) is 16. The molecule has 6 heterocycles. The second-order valence-corrected chi connectivity index (χ2v) is 18.0. The smallest absolute Gasteiger partial charge is 0.394 e. The maximum atomic E-state index is 9.01. The van der Waals surface area contributed by atoms with Gasteiger partial charge >= 0.3 is 8.88 Å². The molecule has 6 aromatic rings. The van der Waals surface area contributed by atoms with E-state index in [1.165, 1.54) is 0 Å². The van der Waals surface area contributed by atoms with Crippen LogP contribution < -0.4 is 11.0 Å². The zero-order valence-electron chi connectivity index (χ0n) is 36.8. The molecule has 0 unspecified atom stereocenters. The van der Waals surface area contributed by atoms with Gasteiger partial charge in [0.25, 0.3) is 0 Å². The van der Waals surface area contributed by atoms with Gasteiger partial charge < -0.3 is 47.5 Å². The number of aliphatic imine (C=N–C) groups is 4. The Morgan fingerprint density at radius 2 is 0.657 bits per heavy atom. The van der Waals surface area contributed by atoms with Crippen molar-refractivity contribution in [2.45, 2.75) is 0 Å². The maximum absolute atomic E-state index is 9.01. The van der Waals surface area contributed by atoms with Crippen molar-refractivity contribution in [1.82, 2.24) is 8.47 Å². The summed E-state index contributed by atoms with van der Waals surface area (Å²) in [5, 5.41) is 21.2. The van der Waals surface area contributed by atoms with Crippen LogP contribution in [0.15, 0.2) is 127 Å². The standard InChI is InChI=1S/C48H50N8O10Si/c57-17-19-59-21-23-61-25-27-63-29-31-65-67(66-32-30-64-28-26-62-24-22-60-20-18-58)55-45-37-13-5-6-14-38(37)47(55)53-43-35-11-3-4-12-36(35)44(50-43)54-48-40-16-8-7-15-39(40)46(56(48)67)52-42-34-10-2-1-9-33(34)41(49-42)51-45/h1-16,57-58H,17-32H2. The summed E-state index contributed by atoms with van der Waals surface area (Å²) >= 11 is 0. The molecule has 10 rings (SSSR count). The number of ether oxygens (including phenoxy) is 6. The Bertz CT molecular complexity index is 2830. The van der Waals surface area contributed by atoms with Gasteiger partial charge in [-0.1, -0.05) is 97.1 Å². The van der Waals surface area contributed by atoms with Crippen LogP contribution in [0.4, 0.5) is 11.6 Å². The Balaban J connectivity index is 1.15. The van der Waals surface area contributed by atoms with E-state index in [2.05, 4.69) is 0 Å². The third kappa shape index (κ3) is 8.99. The molecule has 4 aromatic carbocycles. The first-order valence-electron chi connectivity index (χ1n) is 22.4. The van der Waals surface area contributed by atoms with Crippen LogP contribution in [0.1, 0.15) is 22.3 Å². The number of benzene rings is 4. The molecule has 346 valence electrons. The van der Waals surface area contributed by atoms with E-state index in [4.69, 9.17) is 77.4 Å². The van der Waals surface area contributed by atoms with Crippen LogP contribution >= 0.6 is 0 Å². The van der Waals surface area contributed by atoms with Crippen molar-refractivity contribution in [3.8, 4) is 0 Å². The van der Waals surface area contributed by atoms with Crippen molar-refractivity contribution in [3.05, 3.63) is 130 Å². The largest absolute Gasteiger partial charge is 0.603 e. The zero-order valence-corrected chi connectivity index (χ0v) is 37.8. The highest BCUT2D eigenvalue weighted by molar-refractivity contribution is 6.66. The van der Waals surface area contributed by atoms with E-state index in [-0.39, 0.29) is 52.9 Å². The normalized spacial score (nSPS) is 15.1. The van der Waals surface area contributed by atoms with Crippen molar-refractivity contribution in [2.75, 3.05) is 106 Å². The SMILES string of the molecule is OCCOCCOCCOCCO[Si]1(OCCOCCOCCOCCO)n2c3c4ccccc4c2N=C2N=C(N=c4c5ccccc5c(n41)=NC1=NC(=N3)c3ccccc31)c1ccccc12. The average molecular weight is 927 g/mol. The van der Waals surface area contributed by atoms with Gasteiger partial charge in [-0.05, 0) is 0 Å². The third-order valence-electron chi connectivity index (χ3n) is 11.3. The summed E-state index contributed by atoms with van der Waals surface area (Å²) in [5.74, 6) is 3.01. The minimum absolute atomic E-state index is 0.0405.